The number of allylic oxidation sites excluding steroid dienone is 4. The van der Waals surface area contributed by atoms with Crippen LogP contribution in [-0.4, -0.2) is 134 Å². The van der Waals surface area contributed by atoms with Crippen LogP contribution in [0.4, 0.5) is 0 Å². The van der Waals surface area contributed by atoms with Gasteiger partial charge in [-0.15, -0.1) is 0 Å². The third-order valence-corrected chi connectivity index (χ3v) is 11.8. The van der Waals surface area contributed by atoms with Gasteiger partial charge in [0.05, 0.1) is 161 Å². The Bertz CT molecular complexity index is 1500. The predicted octanol–water partition coefficient (Wildman–Crippen LogP) is 5.88. The van der Waals surface area contributed by atoms with E-state index in [1.807, 2.05) is 0 Å². The number of rotatable bonds is 4. The zero-order valence-electron chi connectivity index (χ0n) is 35.9. The lowest BCUT2D eigenvalue weighted by Crippen LogP contribution is -2.16. The number of hydrogen-bond donors (Lipinski definition) is 0. The van der Waals surface area contributed by atoms with Crippen molar-refractivity contribution in [3.63, 3.8) is 0 Å². The number of methoxy groups -OCH3 is 4. The van der Waals surface area contributed by atoms with Crippen molar-refractivity contribution >= 4 is 0 Å². The van der Waals surface area contributed by atoms with Crippen LogP contribution < -0.4 is 18.9 Å². The van der Waals surface area contributed by atoms with Crippen molar-refractivity contribution in [3.8, 4) is 23.0 Å². The number of benzene rings is 2. The average molecular weight is 841 g/mol. The monoisotopic (exact) mass is 840 g/mol. The first kappa shape index (κ1) is 44.8. The standard InChI is InChI=1S/C46H64O14/c1-47-43-35-27-57-21-17-53-13-9-51-11-15-55-19-23-59-29-37-38(46(50-4)42-34-8-7-33(26-34)41(42)45(37)49-3)30-60-24-20-56-16-12-52-10-14-54-18-22-58-28-36(35)44(48-2)40-32-6-5-31(25-32)39(40)43/h5-8,31-34H,9-30H2,1-4H3. The fraction of sp³-hybridized carbons (Fsp3) is 0.652. The van der Waals surface area contributed by atoms with Crippen molar-refractivity contribution in [2.45, 2.75) is 62.9 Å². The third kappa shape index (κ3) is 10.5. The molecule has 5 aliphatic rings. The molecule has 4 bridgehead atoms. The SMILES string of the molecule is COc1c2c(c(OC)c3c1C1C=CC3C1)COCCOCCOCCOCCOCc1c(c(OC)c3c(c1OC)C1C=CC3C1)COCCOCCOCCOCCOC2. The summed E-state index contributed by atoms with van der Waals surface area (Å²) in [7, 11) is 6.90. The molecular formula is C46H64O14. The van der Waals surface area contributed by atoms with Gasteiger partial charge < -0.3 is 66.3 Å². The molecule has 0 fully saturated rings. The van der Waals surface area contributed by atoms with Crippen molar-refractivity contribution in [1.82, 2.24) is 0 Å². The molecule has 7 rings (SSSR count). The van der Waals surface area contributed by atoms with Crippen LogP contribution in [-0.2, 0) is 73.8 Å². The van der Waals surface area contributed by atoms with Gasteiger partial charge in [-0.25, -0.2) is 0 Å². The van der Waals surface area contributed by atoms with E-state index in [1.165, 1.54) is 22.3 Å². The first-order valence-corrected chi connectivity index (χ1v) is 21.4. The maximum absolute atomic E-state index is 6.16. The van der Waals surface area contributed by atoms with Crippen molar-refractivity contribution in [1.29, 1.82) is 0 Å². The summed E-state index contributed by atoms with van der Waals surface area (Å²) in [6.07, 6.45) is 11.2. The normalized spacial score (nSPS) is 25.4. The molecule has 0 amide bonds. The lowest BCUT2D eigenvalue weighted by Gasteiger charge is -2.25. The molecule has 1 aliphatic heterocycles. The molecule has 2 aromatic carbocycles. The van der Waals surface area contributed by atoms with E-state index < -0.39 is 0 Å². The highest BCUT2D eigenvalue weighted by Crippen LogP contribution is 2.59. The minimum atomic E-state index is 0.308. The lowest BCUT2D eigenvalue weighted by atomic mass is 9.89. The van der Waals surface area contributed by atoms with E-state index in [0.29, 0.717) is 156 Å². The van der Waals surface area contributed by atoms with Crippen LogP contribution in [0.2, 0.25) is 0 Å². The summed E-state index contributed by atoms with van der Waals surface area (Å²) in [5, 5.41) is 0. The number of hydrogen-bond acceptors (Lipinski definition) is 14. The highest BCUT2D eigenvalue weighted by Gasteiger charge is 2.42. The van der Waals surface area contributed by atoms with Gasteiger partial charge in [0.15, 0.2) is 0 Å². The van der Waals surface area contributed by atoms with Gasteiger partial charge in [-0.1, -0.05) is 24.3 Å². The van der Waals surface area contributed by atoms with Gasteiger partial charge in [-0.05, 0) is 12.8 Å². The summed E-state index contributed by atoms with van der Waals surface area (Å²) in [6, 6.07) is 0. The summed E-state index contributed by atoms with van der Waals surface area (Å²) >= 11 is 0. The molecule has 0 spiro atoms. The maximum Gasteiger partial charge on any atom is 0.129 e. The van der Waals surface area contributed by atoms with Crippen LogP contribution in [0, 0.1) is 0 Å². The fourth-order valence-corrected chi connectivity index (χ4v) is 9.21. The highest BCUT2D eigenvalue weighted by molar-refractivity contribution is 5.68. The Kier molecular flexibility index (Phi) is 17.3. The second-order valence-corrected chi connectivity index (χ2v) is 15.3. The molecule has 2 aromatic rings. The van der Waals surface area contributed by atoms with E-state index in [4.69, 9.17) is 66.3 Å². The van der Waals surface area contributed by atoms with Gasteiger partial charge >= 0.3 is 0 Å². The smallest absolute Gasteiger partial charge is 0.129 e. The zero-order chi connectivity index (χ0) is 41.5. The molecule has 60 heavy (non-hydrogen) atoms. The molecule has 1 heterocycles. The van der Waals surface area contributed by atoms with Crippen molar-refractivity contribution in [3.05, 3.63) is 68.8 Å². The van der Waals surface area contributed by atoms with Crippen molar-refractivity contribution < 1.29 is 66.3 Å². The summed E-state index contributed by atoms with van der Waals surface area (Å²) in [5.74, 6) is 4.66. The quantitative estimate of drug-likeness (QED) is 0.340. The van der Waals surface area contributed by atoms with Gasteiger partial charge in [0.2, 0.25) is 0 Å². The average Bonchev–Trinajstić information content (AvgIpc) is 4.09. The first-order chi connectivity index (χ1) is 29.7. The molecule has 0 saturated carbocycles. The van der Waals surface area contributed by atoms with Gasteiger partial charge in [0.25, 0.3) is 0 Å². The highest BCUT2D eigenvalue weighted by atomic mass is 16.6. The number of fused-ring (bicyclic) bond motifs is 12. The van der Waals surface area contributed by atoms with Gasteiger partial charge in [0.1, 0.15) is 23.0 Å². The van der Waals surface area contributed by atoms with Gasteiger partial charge in [0, 0.05) is 68.2 Å². The molecule has 4 atom stereocenters. The Hall–Kier alpha value is -3.28. The van der Waals surface area contributed by atoms with Crippen LogP contribution in [0.15, 0.2) is 24.3 Å². The minimum Gasteiger partial charge on any atom is -0.496 e. The van der Waals surface area contributed by atoms with Crippen molar-refractivity contribution in [2.75, 3.05) is 134 Å². The van der Waals surface area contributed by atoms with Crippen LogP contribution in [0.25, 0.3) is 0 Å². The number of ether oxygens (including phenoxy) is 14. The summed E-state index contributed by atoms with van der Waals surface area (Å²) in [5.41, 5.74) is 8.57. The Balaban J connectivity index is 0.924. The third-order valence-electron chi connectivity index (χ3n) is 11.8. The molecule has 4 aliphatic carbocycles. The lowest BCUT2D eigenvalue weighted by molar-refractivity contribution is -0.0165. The molecule has 0 saturated heterocycles. The van der Waals surface area contributed by atoms with E-state index in [9.17, 15) is 0 Å². The fourth-order valence-electron chi connectivity index (χ4n) is 9.21. The summed E-state index contributed by atoms with van der Waals surface area (Å²) in [4.78, 5) is 0. The summed E-state index contributed by atoms with van der Waals surface area (Å²) < 4.78 is 83.7. The molecule has 332 valence electrons. The van der Waals surface area contributed by atoms with Crippen molar-refractivity contribution in [2.24, 2.45) is 0 Å². The molecule has 0 radical (unpaired) electrons. The molecule has 14 nitrogen and oxygen atoms in total. The zero-order valence-corrected chi connectivity index (χ0v) is 35.9. The minimum absolute atomic E-state index is 0.308. The van der Waals surface area contributed by atoms with E-state index in [0.717, 1.165) is 58.1 Å². The van der Waals surface area contributed by atoms with Gasteiger partial charge in [-0.3, -0.25) is 0 Å². The van der Waals surface area contributed by atoms with E-state index in [-0.39, 0.29) is 0 Å². The molecule has 14 heteroatoms. The summed E-state index contributed by atoms with van der Waals surface area (Å²) in [6.45, 7) is 8.38. The van der Waals surface area contributed by atoms with Crippen LogP contribution >= 0.6 is 0 Å². The van der Waals surface area contributed by atoms with Crippen LogP contribution in [0.3, 0.4) is 0 Å². The van der Waals surface area contributed by atoms with E-state index in [2.05, 4.69) is 24.3 Å². The predicted molar refractivity (Wildman–Crippen MR) is 221 cm³/mol. The van der Waals surface area contributed by atoms with Crippen LogP contribution in [0.1, 0.15) is 81.0 Å². The molecular weight excluding hydrogens is 776 g/mol. The Labute approximate surface area is 354 Å². The van der Waals surface area contributed by atoms with E-state index >= 15 is 0 Å². The Morgan fingerprint density at radius 3 is 0.667 bits per heavy atom. The first-order valence-electron chi connectivity index (χ1n) is 21.4. The maximum atomic E-state index is 6.16. The molecule has 0 N–H and O–H groups in total. The largest absolute Gasteiger partial charge is 0.496 e. The molecule has 0 aromatic heterocycles. The second-order valence-electron chi connectivity index (χ2n) is 15.3. The Morgan fingerprint density at radius 2 is 0.483 bits per heavy atom. The Morgan fingerprint density at radius 1 is 0.300 bits per heavy atom. The van der Waals surface area contributed by atoms with Crippen LogP contribution in [0.5, 0.6) is 23.0 Å². The molecule has 4 unspecified atom stereocenters. The topological polar surface area (TPSA) is 129 Å². The second kappa shape index (κ2) is 23.2. The van der Waals surface area contributed by atoms with E-state index in [1.54, 1.807) is 28.4 Å². The van der Waals surface area contributed by atoms with Gasteiger partial charge in [-0.2, -0.15) is 0 Å².